The third-order valence-corrected chi connectivity index (χ3v) is 3.98. The second-order valence-electron chi connectivity index (χ2n) is 6.29. The molecular formula is C20H30O4. The second-order valence-corrected chi connectivity index (χ2v) is 6.29. The van der Waals surface area contributed by atoms with Crippen molar-refractivity contribution < 1.29 is 19.5 Å². The number of carbonyl (C=O) groups excluding carboxylic acids is 3. The molecule has 0 saturated carbocycles. The van der Waals surface area contributed by atoms with Crippen molar-refractivity contribution in [2.75, 3.05) is 0 Å². The molecule has 0 aromatic rings. The number of carbonyl (C=O) groups is 3. The molecule has 0 aliphatic rings. The van der Waals surface area contributed by atoms with Crippen LogP contribution in [0.25, 0.3) is 0 Å². The van der Waals surface area contributed by atoms with E-state index in [2.05, 4.69) is 0 Å². The van der Waals surface area contributed by atoms with Crippen molar-refractivity contribution in [1.82, 2.24) is 0 Å². The van der Waals surface area contributed by atoms with E-state index in [9.17, 15) is 19.5 Å². The highest BCUT2D eigenvalue weighted by Gasteiger charge is 2.23. The average Bonchev–Trinajstić information content (AvgIpc) is 2.54. The van der Waals surface area contributed by atoms with Gasteiger partial charge in [-0.1, -0.05) is 36.8 Å². The molecule has 134 valence electrons. The van der Waals surface area contributed by atoms with Crippen LogP contribution in [-0.2, 0) is 14.4 Å². The summed E-state index contributed by atoms with van der Waals surface area (Å²) in [6, 6.07) is 0. The number of allylic oxidation sites excluding steroid dienone is 6. The van der Waals surface area contributed by atoms with Gasteiger partial charge in [-0.25, -0.2) is 0 Å². The molecule has 0 spiro atoms. The van der Waals surface area contributed by atoms with Crippen molar-refractivity contribution in [3.63, 3.8) is 0 Å². The zero-order chi connectivity index (χ0) is 18.4. The predicted molar refractivity (Wildman–Crippen MR) is 96.6 cm³/mol. The van der Waals surface area contributed by atoms with E-state index in [-0.39, 0.29) is 11.7 Å². The van der Waals surface area contributed by atoms with Crippen LogP contribution in [0.1, 0.15) is 52.9 Å². The molecule has 0 heterocycles. The molecule has 3 atom stereocenters. The summed E-state index contributed by atoms with van der Waals surface area (Å²) in [5.41, 5.74) is 1.06. The molecular weight excluding hydrogens is 304 g/mol. The third-order valence-electron chi connectivity index (χ3n) is 3.98. The van der Waals surface area contributed by atoms with E-state index in [1.807, 2.05) is 38.2 Å². The van der Waals surface area contributed by atoms with Crippen LogP contribution < -0.4 is 0 Å². The van der Waals surface area contributed by atoms with E-state index in [1.54, 1.807) is 6.08 Å². The van der Waals surface area contributed by atoms with Crippen molar-refractivity contribution in [3.8, 4) is 0 Å². The minimum Gasteiger partial charge on any atom is -0.392 e. The summed E-state index contributed by atoms with van der Waals surface area (Å²) in [6.07, 6.45) is 13.4. The lowest BCUT2D eigenvalue weighted by atomic mass is 9.87. The fourth-order valence-corrected chi connectivity index (χ4v) is 2.31. The maximum Gasteiger partial charge on any atom is 0.142 e. The lowest BCUT2D eigenvalue weighted by Crippen LogP contribution is -2.28. The zero-order valence-corrected chi connectivity index (χ0v) is 15.0. The number of rotatable bonds is 13. The quantitative estimate of drug-likeness (QED) is 0.317. The van der Waals surface area contributed by atoms with Crippen molar-refractivity contribution >= 4 is 18.4 Å². The predicted octanol–water partition coefficient (Wildman–Crippen LogP) is 3.60. The van der Waals surface area contributed by atoms with Crippen molar-refractivity contribution in [1.29, 1.82) is 0 Å². The van der Waals surface area contributed by atoms with E-state index in [0.717, 1.165) is 31.0 Å². The van der Waals surface area contributed by atoms with Gasteiger partial charge in [0.1, 0.15) is 18.4 Å². The minimum absolute atomic E-state index is 0.0324. The Morgan fingerprint density at radius 1 is 1.08 bits per heavy atom. The highest BCUT2D eigenvalue weighted by atomic mass is 16.3. The zero-order valence-electron chi connectivity index (χ0n) is 15.0. The molecule has 1 N–H and O–H groups in total. The molecule has 0 aromatic carbocycles. The summed E-state index contributed by atoms with van der Waals surface area (Å²) in [5, 5.41) is 10.2. The largest absolute Gasteiger partial charge is 0.392 e. The molecule has 2 unspecified atom stereocenters. The van der Waals surface area contributed by atoms with E-state index < -0.39 is 12.0 Å². The van der Waals surface area contributed by atoms with Crippen LogP contribution in [-0.4, -0.2) is 29.6 Å². The standard InChI is InChI=1S/C20H30O4/c1-16(13-14-21)9-7-5-4-6-8-10-17(2)20(24)19(15-22)12-11-18(3)23/h4-6,8,13-15,17,19-20,24H,7,9-12H2,1-3H3/b5-4+,8-6+,16-13+/t17?,19-,20?/m0/s1. The highest BCUT2D eigenvalue weighted by Crippen LogP contribution is 2.20. The lowest BCUT2D eigenvalue weighted by Gasteiger charge is -2.22. The van der Waals surface area contributed by atoms with Crippen LogP contribution in [0.2, 0.25) is 0 Å². The Bertz CT molecular complexity index is 474. The van der Waals surface area contributed by atoms with Gasteiger partial charge in [-0.15, -0.1) is 0 Å². The van der Waals surface area contributed by atoms with Gasteiger partial charge in [0.05, 0.1) is 6.10 Å². The normalized spacial score (nSPS) is 16.2. The van der Waals surface area contributed by atoms with Gasteiger partial charge in [0.25, 0.3) is 0 Å². The Kier molecular flexibility index (Phi) is 12.6. The Balaban J connectivity index is 4.18. The van der Waals surface area contributed by atoms with Gasteiger partial charge in [0, 0.05) is 12.3 Å². The van der Waals surface area contributed by atoms with Gasteiger partial charge in [-0.05, 0) is 51.5 Å². The van der Waals surface area contributed by atoms with Crippen LogP contribution in [0.15, 0.2) is 36.0 Å². The summed E-state index contributed by atoms with van der Waals surface area (Å²) in [4.78, 5) is 32.4. The molecule has 0 saturated heterocycles. The van der Waals surface area contributed by atoms with Crippen LogP contribution >= 0.6 is 0 Å². The smallest absolute Gasteiger partial charge is 0.142 e. The van der Waals surface area contributed by atoms with Crippen molar-refractivity contribution in [2.24, 2.45) is 11.8 Å². The molecule has 0 aliphatic carbocycles. The maximum atomic E-state index is 11.1. The SMILES string of the molecule is CC(=O)CC[C@@H](C=O)C(O)C(C)C/C=C/C=C/CC/C(C)=C/C=O. The van der Waals surface area contributed by atoms with Crippen LogP contribution in [0, 0.1) is 11.8 Å². The Morgan fingerprint density at radius 2 is 1.75 bits per heavy atom. The summed E-state index contributed by atoms with van der Waals surface area (Å²) in [6.45, 7) is 5.32. The van der Waals surface area contributed by atoms with E-state index in [4.69, 9.17) is 0 Å². The third kappa shape index (κ3) is 10.8. The number of hydrogen-bond donors (Lipinski definition) is 1. The van der Waals surface area contributed by atoms with Gasteiger partial charge < -0.3 is 14.7 Å². The Labute approximate surface area is 145 Å². The number of ketones is 1. The highest BCUT2D eigenvalue weighted by molar-refractivity contribution is 5.75. The first-order chi connectivity index (χ1) is 11.4. The Morgan fingerprint density at radius 3 is 2.33 bits per heavy atom. The molecule has 0 bridgehead atoms. The number of aliphatic hydroxyl groups is 1. The topological polar surface area (TPSA) is 71.4 Å². The van der Waals surface area contributed by atoms with Gasteiger partial charge >= 0.3 is 0 Å². The molecule has 0 aliphatic heterocycles. The Hall–Kier alpha value is -1.81. The number of hydrogen-bond acceptors (Lipinski definition) is 4. The van der Waals surface area contributed by atoms with Crippen molar-refractivity contribution in [2.45, 2.75) is 59.0 Å². The van der Waals surface area contributed by atoms with E-state index in [0.29, 0.717) is 19.3 Å². The fraction of sp³-hybridized carbons (Fsp3) is 0.550. The van der Waals surface area contributed by atoms with E-state index in [1.165, 1.54) is 6.92 Å². The van der Waals surface area contributed by atoms with Gasteiger partial charge in [0.15, 0.2) is 0 Å². The molecule has 0 aromatic heterocycles. The summed E-state index contributed by atoms with van der Waals surface area (Å²) >= 11 is 0. The molecule has 24 heavy (non-hydrogen) atoms. The summed E-state index contributed by atoms with van der Waals surface area (Å²) < 4.78 is 0. The first-order valence-electron chi connectivity index (χ1n) is 8.47. The fourth-order valence-electron chi connectivity index (χ4n) is 2.31. The van der Waals surface area contributed by atoms with Crippen LogP contribution in [0.4, 0.5) is 0 Å². The summed E-state index contributed by atoms with van der Waals surface area (Å²) in [5.74, 6) is -0.500. The molecule has 4 heteroatoms. The van der Waals surface area contributed by atoms with Gasteiger partial charge in [0.2, 0.25) is 0 Å². The second kappa shape index (κ2) is 13.6. The lowest BCUT2D eigenvalue weighted by molar-refractivity contribution is -0.119. The summed E-state index contributed by atoms with van der Waals surface area (Å²) in [7, 11) is 0. The molecule has 0 radical (unpaired) electrons. The number of aldehydes is 2. The molecule has 4 nitrogen and oxygen atoms in total. The molecule has 0 amide bonds. The van der Waals surface area contributed by atoms with Gasteiger partial charge in [-0.2, -0.15) is 0 Å². The number of aliphatic hydroxyl groups excluding tert-OH is 1. The molecule has 0 fully saturated rings. The molecule has 0 rings (SSSR count). The maximum absolute atomic E-state index is 11.1. The van der Waals surface area contributed by atoms with Crippen LogP contribution in [0.3, 0.4) is 0 Å². The first-order valence-corrected chi connectivity index (χ1v) is 8.47. The van der Waals surface area contributed by atoms with E-state index >= 15 is 0 Å². The van der Waals surface area contributed by atoms with Gasteiger partial charge in [-0.3, -0.25) is 4.79 Å². The minimum atomic E-state index is -0.730. The monoisotopic (exact) mass is 334 g/mol. The number of Topliss-reactive ketones (excluding diaryl/α,β-unsaturated/α-hetero) is 1. The first kappa shape index (κ1) is 22.2. The van der Waals surface area contributed by atoms with Crippen molar-refractivity contribution in [3.05, 3.63) is 36.0 Å². The van der Waals surface area contributed by atoms with Crippen LogP contribution in [0.5, 0.6) is 0 Å². The average molecular weight is 334 g/mol.